The maximum absolute atomic E-state index is 11.0. The molecular formula is C13H20N4O3. The van der Waals surface area contributed by atoms with Crippen molar-refractivity contribution in [3.63, 3.8) is 0 Å². The normalized spacial score (nSPS) is 21.6. The van der Waals surface area contributed by atoms with Crippen LogP contribution in [0.15, 0.2) is 12.1 Å². The standard InChI is InChI=1S/C13H20N4O3/c1-9-7-16(8-13(2,3)20-9)12-6-10(17(18)19)5-11(14-4)15-12/h5-6,9H,7-8H2,1-4H3,(H,14,15). The molecule has 0 bridgehead atoms. The van der Waals surface area contributed by atoms with E-state index in [0.29, 0.717) is 24.7 Å². The summed E-state index contributed by atoms with van der Waals surface area (Å²) >= 11 is 0. The van der Waals surface area contributed by atoms with Crippen LogP contribution in [-0.2, 0) is 4.74 Å². The maximum Gasteiger partial charge on any atom is 0.276 e. The number of ether oxygens (including phenoxy) is 1. The molecule has 1 unspecified atom stereocenters. The number of hydrogen-bond donors (Lipinski definition) is 1. The Balaban J connectivity index is 2.36. The van der Waals surface area contributed by atoms with Gasteiger partial charge in [-0.25, -0.2) is 4.98 Å². The van der Waals surface area contributed by atoms with Crippen LogP contribution < -0.4 is 10.2 Å². The van der Waals surface area contributed by atoms with Crippen molar-refractivity contribution in [3.8, 4) is 0 Å². The molecule has 1 saturated heterocycles. The van der Waals surface area contributed by atoms with Crippen molar-refractivity contribution in [2.75, 3.05) is 30.4 Å². The molecular weight excluding hydrogens is 260 g/mol. The molecule has 0 aromatic carbocycles. The number of nitro groups is 1. The summed E-state index contributed by atoms with van der Waals surface area (Å²) in [5, 5.41) is 13.9. The maximum atomic E-state index is 11.0. The lowest BCUT2D eigenvalue weighted by Crippen LogP contribution is -2.52. The zero-order valence-corrected chi connectivity index (χ0v) is 12.2. The molecule has 0 spiro atoms. The quantitative estimate of drug-likeness (QED) is 0.674. The predicted molar refractivity (Wildman–Crippen MR) is 77.3 cm³/mol. The second kappa shape index (κ2) is 5.24. The van der Waals surface area contributed by atoms with E-state index in [-0.39, 0.29) is 17.4 Å². The fourth-order valence-electron chi connectivity index (χ4n) is 2.53. The van der Waals surface area contributed by atoms with Gasteiger partial charge in [0.2, 0.25) is 0 Å². The number of aromatic nitrogens is 1. The fraction of sp³-hybridized carbons (Fsp3) is 0.615. The van der Waals surface area contributed by atoms with Crippen molar-refractivity contribution in [1.82, 2.24) is 4.98 Å². The molecule has 0 amide bonds. The molecule has 2 rings (SSSR count). The Hall–Kier alpha value is -1.89. The number of nitrogens with one attached hydrogen (secondary N) is 1. The van der Waals surface area contributed by atoms with Crippen molar-refractivity contribution in [2.45, 2.75) is 32.5 Å². The van der Waals surface area contributed by atoms with E-state index in [4.69, 9.17) is 4.74 Å². The van der Waals surface area contributed by atoms with Gasteiger partial charge in [0.05, 0.1) is 28.8 Å². The Morgan fingerprint density at radius 2 is 2.25 bits per heavy atom. The molecule has 1 N–H and O–H groups in total. The van der Waals surface area contributed by atoms with Crippen molar-refractivity contribution in [3.05, 3.63) is 22.2 Å². The third kappa shape index (κ3) is 3.16. The van der Waals surface area contributed by atoms with Crippen molar-refractivity contribution < 1.29 is 9.66 Å². The Morgan fingerprint density at radius 1 is 1.55 bits per heavy atom. The molecule has 1 atom stereocenters. The van der Waals surface area contributed by atoms with Crippen LogP contribution in [0.2, 0.25) is 0 Å². The van der Waals surface area contributed by atoms with Crippen LogP contribution in [0.1, 0.15) is 20.8 Å². The van der Waals surface area contributed by atoms with Gasteiger partial charge >= 0.3 is 0 Å². The second-order valence-electron chi connectivity index (χ2n) is 5.64. The SMILES string of the molecule is CNc1cc([N+](=O)[O-])cc(N2CC(C)OC(C)(C)C2)n1. The van der Waals surface area contributed by atoms with Gasteiger partial charge in [0.15, 0.2) is 0 Å². The van der Waals surface area contributed by atoms with E-state index in [1.165, 1.54) is 12.1 Å². The summed E-state index contributed by atoms with van der Waals surface area (Å²) in [6, 6.07) is 2.94. The van der Waals surface area contributed by atoms with E-state index in [1.54, 1.807) is 7.05 Å². The minimum Gasteiger partial charge on any atom is -0.373 e. The summed E-state index contributed by atoms with van der Waals surface area (Å²) in [6.07, 6.45) is 0.0536. The minimum atomic E-state index is -0.402. The van der Waals surface area contributed by atoms with Crippen molar-refractivity contribution in [2.24, 2.45) is 0 Å². The van der Waals surface area contributed by atoms with Gasteiger partial charge in [-0.15, -0.1) is 0 Å². The van der Waals surface area contributed by atoms with E-state index in [9.17, 15) is 10.1 Å². The molecule has 1 fully saturated rings. The van der Waals surface area contributed by atoms with E-state index in [2.05, 4.69) is 10.3 Å². The highest BCUT2D eigenvalue weighted by Crippen LogP contribution is 2.28. The van der Waals surface area contributed by atoms with Crippen LogP contribution in [-0.4, -0.2) is 41.7 Å². The van der Waals surface area contributed by atoms with Gasteiger partial charge in [-0.3, -0.25) is 10.1 Å². The molecule has 7 heteroatoms. The van der Waals surface area contributed by atoms with E-state index in [1.807, 2.05) is 25.7 Å². The highest BCUT2D eigenvalue weighted by Gasteiger charge is 2.32. The van der Waals surface area contributed by atoms with Crippen LogP contribution in [0, 0.1) is 10.1 Å². The summed E-state index contributed by atoms with van der Waals surface area (Å²) in [7, 11) is 1.70. The Bertz CT molecular complexity index is 518. The first kappa shape index (κ1) is 14.5. The van der Waals surface area contributed by atoms with Crippen LogP contribution >= 0.6 is 0 Å². The molecule has 110 valence electrons. The van der Waals surface area contributed by atoms with Gasteiger partial charge < -0.3 is 15.0 Å². The summed E-state index contributed by atoms with van der Waals surface area (Å²) in [4.78, 5) is 17.0. The van der Waals surface area contributed by atoms with Gasteiger partial charge in [-0.2, -0.15) is 0 Å². The smallest absolute Gasteiger partial charge is 0.276 e. The number of morpholine rings is 1. The monoisotopic (exact) mass is 280 g/mol. The van der Waals surface area contributed by atoms with Crippen molar-refractivity contribution >= 4 is 17.3 Å². The predicted octanol–water partition coefficient (Wildman–Crippen LogP) is 2.04. The van der Waals surface area contributed by atoms with Crippen LogP contribution in [0.5, 0.6) is 0 Å². The van der Waals surface area contributed by atoms with Crippen LogP contribution in [0.25, 0.3) is 0 Å². The lowest BCUT2D eigenvalue weighted by atomic mass is 10.1. The Morgan fingerprint density at radius 3 is 2.80 bits per heavy atom. The zero-order valence-electron chi connectivity index (χ0n) is 12.2. The lowest BCUT2D eigenvalue weighted by molar-refractivity contribution is -0.384. The molecule has 0 radical (unpaired) electrons. The van der Waals surface area contributed by atoms with Crippen LogP contribution in [0.4, 0.5) is 17.3 Å². The van der Waals surface area contributed by atoms with Gasteiger partial charge in [0.1, 0.15) is 11.6 Å². The minimum absolute atomic E-state index is 0.0382. The van der Waals surface area contributed by atoms with Gasteiger partial charge in [0.25, 0.3) is 5.69 Å². The summed E-state index contributed by atoms with van der Waals surface area (Å²) < 4.78 is 5.84. The third-order valence-corrected chi connectivity index (χ3v) is 3.16. The van der Waals surface area contributed by atoms with E-state index >= 15 is 0 Å². The first-order valence-corrected chi connectivity index (χ1v) is 6.58. The molecule has 1 aliphatic rings. The lowest BCUT2D eigenvalue weighted by Gasteiger charge is -2.42. The molecule has 1 aliphatic heterocycles. The second-order valence-corrected chi connectivity index (χ2v) is 5.64. The third-order valence-electron chi connectivity index (χ3n) is 3.16. The molecule has 7 nitrogen and oxygen atoms in total. The van der Waals surface area contributed by atoms with Gasteiger partial charge in [-0.05, 0) is 20.8 Å². The first-order valence-electron chi connectivity index (χ1n) is 6.58. The van der Waals surface area contributed by atoms with E-state index < -0.39 is 4.92 Å². The summed E-state index contributed by atoms with van der Waals surface area (Å²) in [6.45, 7) is 7.32. The molecule has 1 aromatic rings. The summed E-state index contributed by atoms with van der Waals surface area (Å²) in [5.41, 5.74) is -0.264. The number of anilines is 2. The van der Waals surface area contributed by atoms with Crippen LogP contribution in [0.3, 0.4) is 0 Å². The Kier molecular flexibility index (Phi) is 3.80. The van der Waals surface area contributed by atoms with Crippen molar-refractivity contribution in [1.29, 1.82) is 0 Å². The number of pyridine rings is 1. The fourth-order valence-corrected chi connectivity index (χ4v) is 2.53. The van der Waals surface area contributed by atoms with Gasteiger partial charge in [0, 0.05) is 20.1 Å². The first-order chi connectivity index (χ1) is 9.30. The molecule has 20 heavy (non-hydrogen) atoms. The van der Waals surface area contributed by atoms with E-state index in [0.717, 1.165) is 0 Å². The Labute approximate surface area is 118 Å². The topological polar surface area (TPSA) is 80.5 Å². The van der Waals surface area contributed by atoms with Gasteiger partial charge in [-0.1, -0.05) is 0 Å². The average molecular weight is 280 g/mol. The average Bonchev–Trinajstić information content (AvgIpc) is 2.35. The number of hydrogen-bond acceptors (Lipinski definition) is 6. The number of rotatable bonds is 3. The molecule has 0 saturated carbocycles. The molecule has 2 heterocycles. The summed E-state index contributed by atoms with van der Waals surface area (Å²) in [5.74, 6) is 1.10. The highest BCUT2D eigenvalue weighted by molar-refractivity contribution is 5.56. The number of nitrogens with zero attached hydrogens (tertiary/aromatic N) is 3. The molecule has 0 aliphatic carbocycles. The zero-order chi connectivity index (χ0) is 14.9. The largest absolute Gasteiger partial charge is 0.373 e. The highest BCUT2D eigenvalue weighted by atomic mass is 16.6. The molecule has 1 aromatic heterocycles.